The Hall–Kier alpha value is -2.37. The first-order valence-electron chi connectivity index (χ1n) is 6.50. The number of hydrogen-bond donors (Lipinski definition) is 1. The lowest BCUT2D eigenvalue weighted by Crippen LogP contribution is -2.42. The smallest absolute Gasteiger partial charge is 0.336 e. The van der Waals surface area contributed by atoms with Crippen LogP contribution in [0.1, 0.15) is 36.7 Å². The molecular formula is C15H20N2O4. The fourth-order valence-corrected chi connectivity index (χ4v) is 2.14. The maximum absolute atomic E-state index is 11.2. The Morgan fingerprint density at radius 3 is 2.43 bits per heavy atom. The number of nitrogens with zero attached hydrogens (tertiary/aromatic N) is 2. The molecule has 114 valence electrons. The average Bonchev–Trinajstić information content (AvgIpc) is 2.34. The van der Waals surface area contributed by atoms with Gasteiger partial charge >= 0.3 is 5.97 Å². The highest BCUT2D eigenvalue weighted by molar-refractivity contribution is 5.91. The summed E-state index contributed by atoms with van der Waals surface area (Å²) in [6.07, 6.45) is 1.68. The Kier molecular flexibility index (Phi) is 4.73. The van der Waals surface area contributed by atoms with E-state index in [4.69, 9.17) is 5.11 Å². The minimum Gasteiger partial charge on any atom is -0.478 e. The minimum absolute atomic E-state index is 0.0967. The minimum atomic E-state index is -1.19. The van der Waals surface area contributed by atoms with Gasteiger partial charge in [-0.2, -0.15) is 0 Å². The zero-order chi connectivity index (χ0) is 16.4. The topological polar surface area (TPSA) is 83.7 Å². The lowest BCUT2D eigenvalue weighted by Gasteiger charge is -2.38. The number of nitro benzene ring substituents is 1. The molecule has 0 aliphatic heterocycles. The van der Waals surface area contributed by atoms with Crippen LogP contribution in [0.2, 0.25) is 0 Å². The van der Waals surface area contributed by atoms with Gasteiger partial charge in [-0.3, -0.25) is 10.1 Å². The number of nitro groups is 1. The van der Waals surface area contributed by atoms with Crippen LogP contribution in [0.5, 0.6) is 0 Å². The molecule has 0 amide bonds. The van der Waals surface area contributed by atoms with Crippen molar-refractivity contribution in [3.8, 4) is 0 Å². The Morgan fingerprint density at radius 1 is 1.48 bits per heavy atom. The zero-order valence-corrected chi connectivity index (χ0v) is 12.7. The highest BCUT2D eigenvalue weighted by Crippen LogP contribution is 2.34. The second-order valence-electron chi connectivity index (χ2n) is 5.77. The van der Waals surface area contributed by atoms with Crippen LogP contribution >= 0.6 is 0 Å². The van der Waals surface area contributed by atoms with E-state index in [-0.39, 0.29) is 16.8 Å². The van der Waals surface area contributed by atoms with Crippen LogP contribution in [0, 0.1) is 17.0 Å². The van der Waals surface area contributed by atoms with Gasteiger partial charge in [0.25, 0.3) is 5.69 Å². The van der Waals surface area contributed by atoms with Gasteiger partial charge in [-0.05, 0) is 33.8 Å². The first-order chi connectivity index (χ1) is 9.59. The molecule has 1 N–H and O–H groups in total. The lowest BCUT2D eigenvalue weighted by molar-refractivity contribution is -0.385. The number of benzene rings is 1. The van der Waals surface area contributed by atoms with E-state index in [2.05, 4.69) is 6.58 Å². The summed E-state index contributed by atoms with van der Waals surface area (Å²) in [5, 5.41) is 20.3. The first kappa shape index (κ1) is 16.7. The Bertz CT molecular complexity index is 588. The molecule has 0 unspecified atom stereocenters. The molecule has 0 spiro atoms. The van der Waals surface area contributed by atoms with Crippen molar-refractivity contribution in [2.45, 2.75) is 33.2 Å². The third-order valence-electron chi connectivity index (χ3n) is 3.21. The molecule has 0 aliphatic rings. The van der Waals surface area contributed by atoms with E-state index in [1.165, 1.54) is 6.07 Å². The normalized spacial score (nSPS) is 11.0. The molecule has 0 bridgehead atoms. The maximum Gasteiger partial charge on any atom is 0.336 e. The van der Waals surface area contributed by atoms with Gasteiger partial charge in [0.2, 0.25) is 0 Å². The van der Waals surface area contributed by atoms with Gasteiger partial charge in [0.15, 0.2) is 0 Å². The Labute approximate surface area is 123 Å². The van der Waals surface area contributed by atoms with Gasteiger partial charge in [-0.1, -0.05) is 6.08 Å². The molecule has 0 aromatic heterocycles. The third-order valence-corrected chi connectivity index (χ3v) is 3.21. The number of carbonyl (C=O) groups is 1. The predicted molar refractivity (Wildman–Crippen MR) is 82.1 cm³/mol. The molecule has 6 nitrogen and oxygen atoms in total. The van der Waals surface area contributed by atoms with E-state index in [0.717, 1.165) is 6.07 Å². The molecule has 0 saturated carbocycles. The fraction of sp³-hybridized carbons (Fsp3) is 0.400. The van der Waals surface area contributed by atoms with Crippen LogP contribution in [0.25, 0.3) is 0 Å². The summed E-state index contributed by atoms with van der Waals surface area (Å²) in [6.45, 7) is 11.6. The van der Waals surface area contributed by atoms with Gasteiger partial charge in [-0.25, -0.2) is 4.79 Å². The molecule has 0 radical (unpaired) electrons. The van der Waals surface area contributed by atoms with E-state index in [1.807, 2.05) is 25.7 Å². The molecule has 1 rings (SSSR count). The lowest BCUT2D eigenvalue weighted by atomic mass is 10.00. The molecule has 0 atom stereocenters. The molecule has 1 aromatic rings. The summed E-state index contributed by atoms with van der Waals surface area (Å²) in [5.74, 6) is -1.19. The van der Waals surface area contributed by atoms with Crippen LogP contribution in [-0.2, 0) is 0 Å². The predicted octanol–water partition coefficient (Wildman–Crippen LogP) is 3.39. The number of rotatable bonds is 5. The van der Waals surface area contributed by atoms with Crippen molar-refractivity contribution in [3.05, 3.63) is 46.0 Å². The van der Waals surface area contributed by atoms with Crippen molar-refractivity contribution < 1.29 is 14.8 Å². The summed E-state index contributed by atoms with van der Waals surface area (Å²) in [4.78, 5) is 23.7. The van der Waals surface area contributed by atoms with Crippen molar-refractivity contribution in [1.29, 1.82) is 0 Å². The number of aromatic carboxylic acids is 1. The van der Waals surface area contributed by atoms with Gasteiger partial charge < -0.3 is 10.0 Å². The van der Waals surface area contributed by atoms with Crippen LogP contribution in [0.3, 0.4) is 0 Å². The SMILES string of the molecule is C=CCN(c1cc(C(=O)O)cc([N+](=O)[O-])c1C)C(C)(C)C. The van der Waals surface area contributed by atoms with E-state index in [9.17, 15) is 14.9 Å². The summed E-state index contributed by atoms with van der Waals surface area (Å²) in [6, 6.07) is 2.56. The Morgan fingerprint density at radius 2 is 2.05 bits per heavy atom. The van der Waals surface area contributed by atoms with E-state index in [1.54, 1.807) is 13.0 Å². The summed E-state index contributed by atoms with van der Waals surface area (Å²) in [5.41, 5.74) is 0.365. The van der Waals surface area contributed by atoms with Crippen LogP contribution in [0.15, 0.2) is 24.8 Å². The second-order valence-corrected chi connectivity index (χ2v) is 5.77. The highest BCUT2D eigenvalue weighted by atomic mass is 16.6. The molecule has 6 heteroatoms. The van der Waals surface area contributed by atoms with Gasteiger partial charge in [0.05, 0.1) is 16.1 Å². The van der Waals surface area contributed by atoms with Crippen molar-refractivity contribution >= 4 is 17.3 Å². The quantitative estimate of drug-likeness (QED) is 0.511. The zero-order valence-electron chi connectivity index (χ0n) is 12.7. The average molecular weight is 292 g/mol. The molecule has 0 aliphatic carbocycles. The van der Waals surface area contributed by atoms with Crippen molar-refractivity contribution in [1.82, 2.24) is 0 Å². The Balaban J connectivity index is 3.62. The summed E-state index contributed by atoms with van der Waals surface area (Å²) in [7, 11) is 0. The molecule has 21 heavy (non-hydrogen) atoms. The summed E-state index contributed by atoms with van der Waals surface area (Å²) >= 11 is 0. The third kappa shape index (κ3) is 3.59. The molecule has 0 saturated heterocycles. The van der Waals surface area contributed by atoms with Crippen LogP contribution in [-0.4, -0.2) is 28.1 Å². The van der Waals surface area contributed by atoms with Crippen LogP contribution in [0.4, 0.5) is 11.4 Å². The number of carboxylic acids is 1. The monoisotopic (exact) mass is 292 g/mol. The fourth-order valence-electron chi connectivity index (χ4n) is 2.14. The number of hydrogen-bond acceptors (Lipinski definition) is 4. The van der Waals surface area contributed by atoms with Gasteiger partial charge in [-0.15, -0.1) is 6.58 Å². The number of anilines is 1. The number of carboxylic acid groups (broad SMARTS) is 1. The molecule has 0 fully saturated rings. The molecule has 1 aromatic carbocycles. The van der Waals surface area contributed by atoms with Crippen molar-refractivity contribution in [3.63, 3.8) is 0 Å². The molecule has 0 heterocycles. The van der Waals surface area contributed by atoms with Gasteiger partial charge in [0.1, 0.15) is 0 Å². The van der Waals surface area contributed by atoms with Crippen molar-refractivity contribution in [2.24, 2.45) is 0 Å². The van der Waals surface area contributed by atoms with E-state index >= 15 is 0 Å². The second kappa shape index (κ2) is 5.95. The van der Waals surface area contributed by atoms with Crippen LogP contribution < -0.4 is 4.90 Å². The summed E-state index contributed by atoms with van der Waals surface area (Å²) < 4.78 is 0. The maximum atomic E-state index is 11.2. The largest absolute Gasteiger partial charge is 0.478 e. The van der Waals surface area contributed by atoms with Crippen molar-refractivity contribution in [2.75, 3.05) is 11.4 Å². The highest BCUT2D eigenvalue weighted by Gasteiger charge is 2.27. The van der Waals surface area contributed by atoms with E-state index in [0.29, 0.717) is 17.8 Å². The molecular weight excluding hydrogens is 272 g/mol. The van der Waals surface area contributed by atoms with Gasteiger partial charge in [0, 0.05) is 23.8 Å². The van der Waals surface area contributed by atoms with E-state index < -0.39 is 10.9 Å². The first-order valence-corrected chi connectivity index (χ1v) is 6.50. The standard InChI is InChI=1S/C15H20N2O4/c1-6-7-16(15(3,4)5)12-8-11(14(18)19)9-13(10(12)2)17(20)21/h6,8-9H,1,7H2,2-5H3,(H,18,19).